The van der Waals surface area contributed by atoms with Gasteiger partial charge < -0.3 is 4.74 Å². The van der Waals surface area contributed by atoms with Crippen molar-refractivity contribution in [3.8, 4) is 5.75 Å². The van der Waals surface area contributed by atoms with Gasteiger partial charge in [-0.2, -0.15) is 0 Å². The van der Waals surface area contributed by atoms with E-state index < -0.39 is 37.6 Å². The average molecular weight is 416 g/mol. The molecule has 0 bridgehead atoms. The molecule has 0 spiro atoms. The Balaban J connectivity index is 3.19. The zero-order chi connectivity index (χ0) is 19.4. The van der Waals surface area contributed by atoms with E-state index in [1.807, 2.05) is 0 Å². The number of benzene rings is 1. The van der Waals surface area contributed by atoms with Crippen molar-refractivity contribution in [2.24, 2.45) is 0 Å². The molecule has 11 nitrogen and oxygen atoms in total. The largest absolute Gasteiger partial charge is 0.445 e. The molecule has 0 aliphatic rings. The molecule has 0 N–H and O–H groups in total. The third-order valence-corrected chi connectivity index (χ3v) is 4.94. The lowest BCUT2D eigenvalue weighted by Gasteiger charge is -2.29. The summed E-state index contributed by atoms with van der Waals surface area (Å²) in [5.41, 5.74) is -0.278. The summed E-state index contributed by atoms with van der Waals surface area (Å²) in [7, 11) is -8.53. The minimum absolute atomic E-state index is 0.0773. The fourth-order valence-electron chi connectivity index (χ4n) is 1.63. The molecule has 0 saturated heterocycles. The van der Waals surface area contributed by atoms with Crippen LogP contribution < -0.4 is 4.74 Å². The minimum atomic E-state index is -4.37. The maximum Gasteiger partial charge on any atom is 0.445 e. The van der Waals surface area contributed by atoms with Crippen LogP contribution in [0.3, 0.4) is 0 Å². The first kappa shape index (κ1) is 21.1. The van der Waals surface area contributed by atoms with Gasteiger partial charge in [0, 0.05) is 24.6 Å². The zero-order valence-electron chi connectivity index (χ0n) is 13.0. The number of nitro benzene ring substituents is 1. The highest BCUT2D eigenvalue weighted by Crippen LogP contribution is 2.20. The molecule has 0 aromatic heterocycles. The molecule has 0 fully saturated rings. The quantitative estimate of drug-likeness (QED) is 0.360. The number of halogens is 1. The molecule has 0 aliphatic carbocycles. The van der Waals surface area contributed by atoms with Crippen molar-refractivity contribution in [2.75, 3.05) is 24.9 Å². The first-order chi connectivity index (χ1) is 11.4. The van der Waals surface area contributed by atoms with Crippen molar-refractivity contribution >= 4 is 43.4 Å². The number of carbonyl (C=O) groups excluding carboxylic acids is 1. The smallest absolute Gasteiger partial charge is 0.408 e. The van der Waals surface area contributed by atoms with Gasteiger partial charge in [-0.05, 0) is 12.1 Å². The van der Waals surface area contributed by atoms with Gasteiger partial charge in [0.15, 0.2) is 0 Å². The highest BCUT2D eigenvalue weighted by atomic mass is 35.5. The van der Waals surface area contributed by atoms with Gasteiger partial charge in [0.2, 0.25) is 10.0 Å². The summed E-state index contributed by atoms with van der Waals surface area (Å²) in [6, 6.07) is 4.17. The Hall–Kier alpha value is -1.96. The molecule has 0 unspecified atom stereocenters. The highest BCUT2D eigenvalue weighted by Gasteiger charge is 2.37. The van der Waals surface area contributed by atoms with Crippen LogP contribution in [-0.4, -0.2) is 61.6 Å². The molecule has 0 atom stereocenters. The number of nitrogens with zero attached hydrogens (tertiary/aromatic N) is 3. The number of alkyl halides is 1. The Bertz CT molecular complexity index is 854. The normalized spacial score (nSPS) is 12.0. The van der Waals surface area contributed by atoms with Crippen LogP contribution in [0.2, 0.25) is 0 Å². The number of carbonyl (C=O) groups is 1. The molecule has 0 heterocycles. The van der Waals surface area contributed by atoms with Crippen molar-refractivity contribution in [3.63, 3.8) is 0 Å². The topological polar surface area (TPSA) is 144 Å². The first-order valence-corrected chi connectivity index (χ1v) is 10.6. The van der Waals surface area contributed by atoms with Crippen LogP contribution in [0.25, 0.3) is 0 Å². The molecule has 0 aliphatic heterocycles. The number of hydrogen-bond acceptors (Lipinski definition) is 8. The van der Waals surface area contributed by atoms with E-state index in [9.17, 15) is 31.7 Å². The predicted octanol–water partition coefficient (Wildman–Crippen LogP) is 0.771. The number of hydrazine groups is 1. The van der Waals surface area contributed by atoms with Crippen LogP contribution in [-0.2, 0) is 20.0 Å². The molecule has 0 saturated carbocycles. The van der Waals surface area contributed by atoms with Gasteiger partial charge in [-0.3, -0.25) is 10.1 Å². The van der Waals surface area contributed by atoms with Crippen molar-refractivity contribution in [2.45, 2.75) is 0 Å². The molecular formula is C11H14ClN3O8S2. The van der Waals surface area contributed by atoms with E-state index in [0.717, 1.165) is 24.3 Å². The number of nitro groups is 1. The number of rotatable bonds is 7. The Morgan fingerprint density at radius 1 is 1.16 bits per heavy atom. The number of ether oxygens (including phenoxy) is 1. The Labute approximate surface area is 148 Å². The summed E-state index contributed by atoms with van der Waals surface area (Å²) in [6.07, 6.45) is -0.236. The van der Waals surface area contributed by atoms with Crippen LogP contribution in [0.5, 0.6) is 5.75 Å². The molecular weight excluding hydrogens is 402 g/mol. The summed E-state index contributed by atoms with van der Waals surface area (Å²) in [5, 5.41) is 10.6. The number of hydrogen-bond donors (Lipinski definition) is 0. The van der Waals surface area contributed by atoms with Gasteiger partial charge in [-0.1, -0.05) is 4.41 Å². The van der Waals surface area contributed by atoms with Crippen LogP contribution in [0, 0.1) is 10.1 Å². The monoisotopic (exact) mass is 415 g/mol. The molecule has 0 radical (unpaired) electrons. The van der Waals surface area contributed by atoms with Gasteiger partial charge in [-0.25, -0.2) is 21.6 Å². The van der Waals surface area contributed by atoms with Crippen molar-refractivity contribution in [1.82, 2.24) is 8.83 Å². The van der Waals surface area contributed by atoms with Crippen molar-refractivity contribution in [3.05, 3.63) is 34.4 Å². The molecule has 1 aromatic carbocycles. The van der Waals surface area contributed by atoms with Crippen LogP contribution in [0.15, 0.2) is 24.3 Å². The summed E-state index contributed by atoms with van der Waals surface area (Å²) in [4.78, 5) is 22.1. The summed E-state index contributed by atoms with van der Waals surface area (Å²) in [6.45, 7) is -0.497. The highest BCUT2D eigenvalue weighted by molar-refractivity contribution is 7.91. The number of non-ortho nitro benzene ring substituents is 1. The van der Waals surface area contributed by atoms with E-state index >= 15 is 0 Å². The molecule has 14 heteroatoms. The number of sulfonamides is 2. The van der Waals surface area contributed by atoms with Gasteiger partial charge in [0.1, 0.15) is 5.75 Å². The molecule has 1 aromatic rings. The fourth-order valence-corrected chi connectivity index (χ4v) is 4.10. The maximum absolute atomic E-state index is 12.2. The van der Waals surface area contributed by atoms with Crippen molar-refractivity contribution < 1.29 is 31.3 Å². The average Bonchev–Trinajstić information content (AvgIpc) is 2.44. The van der Waals surface area contributed by atoms with E-state index in [2.05, 4.69) is 0 Å². The summed E-state index contributed by atoms with van der Waals surface area (Å²) < 4.78 is 52.2. The zero-order valence-corrected chi connectivity index (χ0v) is 15.4. The van der Waals surface area contributed by atoms with Crippen LogP contribution in [0.1, 0.15) is 0 Å². The lowest BCUT2D eigenvalue weighted by Crippen LogP contribution is -2.53. The Kier molecular flexibility index (Phi) is 6.70. The lowest BCUT2D eigenvalue weighted by molar-refractivity contribution is -0.384. The summed E-state index contributed by atoms with van der Waals surface area (Å²) in [5.74, 6) is -0.507. The third-order valence-electron chi connectivity index (χ3n) is 2.58. The second-order valence-corrected chi connectivity index (χ2v) is 8.70. The van der Waals surface area contributed by atoms with Gasteiger partial charge in [0.25, 0.3) is 15.7 Å². The molecule has 1 rings (SSSR count). The SMILES string of the molecule is CS(=O)(=O)N(CCCl)N(C(=O)Oc1ccc([N+](=O)[O-])cc1)S(C)(=O)=O. The van der Waals surface area contributed by atoms with Gasteiger partial charge in [-0.15, -0.1) is 16.0 Å². The van der Waals surface area contributed by atoms with E-state index in [-0.39, 0.29) is 26.1 Å². The van der Waals surface area contributed by atoms with Crippen LogP contribution in [0.4, 0.5) is 10.5 Å². The number of amides is 1. The van der Waals surface area contributed by atoms with E-state index in [4.69, 9.17) is 16.3 Å². The van der Waals surface area contributed by atoms with E-state index in [1.54, 1.807) is 0 Å². The van der Waals surface area contributed by atoms with Crippen LogP contribution >= 0.6 is 11.6 Å². The molecule has 1 amide bonds. The first-order valence-electron chi connectivity index (χ1n) is 6.38. The summed E-state index contributed by atoms with van der Waals surface area (Å²) >= 11 is 5.46. The van der Waals surface area contributed by atoms with Crippen molar-refractivity contribution in [1.29, 1.82) is 0 Å². The molecule has 140 valence electrons. The second kappa shape index (κ2) is 7.95. The predicted molar refractivity (Wildman–Crippen MR) is 88.1 cm³/mol. The van der Waals surface area contributed by atoms with E-state index in [0.29, 0.717) is 12.5 Å². The van der Waals surface area contributed by atoms with E-state index in [1.165, 1.54) is 0 Å². The second-order valence-electron chi connectivity index (χ2n) is 4.62. The lowest BCUT2D eigenvalue weighted by atomic mass is 10.3. The molecule has 25 heavy (non-hydrogen) atoms. The Morgan fingerprint density at radius 3 is 2.04 bits per heavy atom. The van der Waals surface area contributed by atoms with Gasteiger partial charge >= 0.3 is 6.09 Å². The maximum atomic E-state index is 12.2. The fraction of sp³-hybridized carbons (Fsp3) is 0.364. The Morgan fingerprint density at radius 2 is 1.68 bits per heavy atom. The third kappa shape index (κ3) is 5.81. The van der Waals surface area contributed by atoms with Gasteiger partial charge in [0.05, 0.1) is 17.4 Å². The minimum Gasteiger partial charge on any atom is -0.408 e. The standard InChI is InChI=1S/C11H14ClN3O8S2/c1-24(19,20)13(8-7-12)14(25(2,21)22)11(16)23-10-5-3-9(4-6-10)15(17)18/h3-6H,7-8H2,1-2H3.